The summed E-state index contributed by atoms with van der Waals surface area (Å²) in [5.74, 6) is 0.557. The van der Waals surface area contributed by atoms with Gasteiger partial charge in [0.15, 0.2) is 0 Å². The van der Waals surface area contributed by atoms with Gasteiger partial charge < -0.3 is 10.8 Å². The van der Waals surface area contributed by atoms with Gasteiger partial charge in [0, 0.05) is 32.4 Å². The minimum absolute atomic E-state index is 0.182. The van der Waals surface area contributed by atoms with Gasteiger partial charge in [-0.3, -0.25) is 9.58 Å². The molecule has 2 rings (SSSR count). The topological polar surface area (TPSA) is 67.3 Å². The van der Waals surface area contributed by atoms with Gasteiger partial charge in [-0.25, -0.2) is 0 Å². The third-order valence-electron chi connectivity index (χ3n) is 3.19. The normalized spacial score (nSPS) is 11.1. The Labute approximate surface area is 119 Å². The molecule has 20 heavy (non-hydrogen) atoms. The summed E-state index contributed by atoms with van der Waals surface area (Å²) in [6, 6.07) is 12.1. The molecular formula is C15H22N4O. The highest BCUT2D eigenvalue weighted by molar-refractivity contribution is 5.23. The van der Waals surface area contributed by atoms with Crippen LogP contribution in [0.15, 0.2) is 42.6 Å². The number of hydrogen-bond acceptors (Lipinski definition) is 4. The minimum Gasteiger partial charge on any atom is -0.395 e. The predicted octanol–water partition coefficient (Wildman–Crippen LogP) is 1.35. The Kier molecular flexibility index (Phi) is 5.58. The van der Waals surface area contributed by atoms with Crippen molar-refractivity contribution in [3.05, 3.63) is 48.2 Å². The summed E-state index contributed by atoms with van der Waals surface area (Å²) in [6.45, 7) is 3.50. The van der Waals surface area contributed by atoms with Crippen LogP contribution < -0.4 is 5.73 Å². The second-order valence-corrected chi connectivity index (χ2v) is 4.84. The van der Waals surface area contributed by atoms with Crippen LogP contribution in [0.25, 0.3) is 0 Å². The quantitative estimate of drug-likeness (QED) is 0.762. The molecule has 5 heteroatoms. The summed E-state index contributed by atoms with van der Waals surface area (Å²) in [7, 11) is 0. The molecule has 0 unspecified atom stereocenters. The lowest BCUT2D eigenvalue weighted by Crippen LogP contribution is -2.28. The SMILES string of the molecule is Nc1ccn(CCCN(CCO)Cc2ccccc2)n1. The van der Waals surface area contributed by atoms with E-state index in [0.29, 0.717) is 12.4 Å². The number of nitrogens with zero attached hydrogens (tertiary/aromatic N) is 3. The highest BCUT2D eigenvalue weighted by Gasteiger charge is 2.05. The van der Waals surface area contributed by atoms with E-state index in [9.17, 15) is 0 Å². The summed E-state index contributed by atoms with van der Waals surface area (Å²) in [5.41, 5.74) is 6.85. The number of aryl methyl sites for hydroxylation is 1. The first-order valence-electron chi connectivity index (χ1n) is 6.94. The average Bonchev–Trinajstić information content (AvgIpc) is 2.86. The van der Waals surface area contributed by atoms with Gasteiger partial charge in [0.05, 0.1) is 6.61 Å². The van der Waals surface area contributed by atoms with Gasteiger partial charge in [-0.2, -0.15) is 5.10 Å². The summed E-state index contributed by atoms with van der Waals surface area (Å²) < 4.78 is 1.86. The number of nitrogen functional groups attached to an aromatic ring is 1. The Balaban J connectivity index is 1.80. The van der Waals surface area contributed by atoms with Crippen LogP contribution in [0.5, 0.6) is 0 Å². The van der Waals surface area contributed by atoms with Crippen molar-refractivity contribution < 1.29 is 5.11 Å². The second kappa shape index (κ2) is 7.67. The molecule has 3 N–H and O–H groups in total. The van der Waals surface area contributed by atoms with Gasteiger partial charge in [-0.15, -0.1) is 0 Å². The lowest BCUT2D eigenvalue weighted by Gasteiger charge is -2.21. The van der Waals surface area contributed by atoms with Crippen LogP contribution in [0, 0.1) is 0 Å². The summed E-state index contributed by atoms with van der Waals surface area (Å²) in [4.78, 5) is 2.25. The molecule has 0 saturated heterocycles. The fourth-order valence-electron chi connectivity index (χ4n) is 2.21. The van der Waals surface area contributed by atoms with Gasteiger partial charge in [0.1, 0.15) is 5.82 Å². The van der Waals surface area contributed by atoms with Crippen molar-refractivity contribution in [2.75, 3.05) is 25.4 Å². The molecule has 0 aliphatic carbocycles. The minimum atomic E-state index is 0.182. The van der Waals surface area contributed by atoms with E-state index in [1.807, 2.05) is 29.1 Å². The predicted molar refractivity (Wildman–Crippen MR) is 80.1 cm³/mol. The molecule has 0 spiro atoms. The molecule has 0 atom stereocenters. The van der Waals surface area contributed by atoms with Crippen molar-refractivity contribution >= 4 is 5.82 Å². The monoisotopic (exact) mass is 274 g/mol. The Bertz CT molecular complexity index is 498. The molecule has 0 fully saturated rings. The molecular weight excluding hydrogens is 252 g/mol. The number of anilines is 1. The number of aromatic nitrogens is 2. The first-order valence-corrected chi connectivity index (χ1v) is 6.94. The van der Waals surface area contributed by atoms with Crippen molar-refractivity contribution in [1.82, 2.24) is 14.7 Å². The summed E-state index contributed by atoms with van der Waals surface area (Å²) in [6.07, 6.45) is 2.87. The molecule has 0 saturated carbocycles. The third-order valence-corrected chi connectivity index (χ3v) is 3.19. The first kappa shape index (κ1) is 14.6. The van der Waals surface area contributed by atoms with Crippen molar-refractivity contribution in [2.24, 2.45) is 0 Å². The van der Waals surface area contributed by atoms with Crippen LogP contribution in [-0.4, -0.2) is 39.5 Å². The van der Waals surface area contributed by atoms with E-state index in [-0.39, 0.29) is 6.61 Å². The molecule has 2 aromatic rings. The van der Waals surface area contributed by atoms with E-state index in [1.165, 1.54) is 5.56 Å². The van der Waals surface area contributed by atoms with Gasteiger partial charge in [-0.1, -0.05) is 30.3 Å². The maximum atomic E-state index is 9.16. The molecule has 1 aromatic carbocycles. The molecule has 0 radical (unpaired) electrons. The van der Waals surface area contributed by atoms with Gasteiger partial charge in [-0.05, 0) is 18.1 Å². The first-order chi connectivity index (χ1) is 9.78. The van der Waals surface area contributed by atoms with E-state index >= 15 is 0 Å². The molecule has 1 heterocycles. The summed E-state index contributed by atoms with van der Waals surface area (Å²) >= 11 is 0. The Morgan fingerprint density at radius 2 is 1.95 bits per heavy atom. The molecule has 0 aliphatic heterocycles. The molecule has 5 nitrogen and oxygen atoms in total. The number of aliphatic hydroxyl groups is 1. The fraction of sp³-hybridized carbons (Fsp3) is 0.400. The Morgan fingerprint density at radius 3 is 2.60 bits per heavy atom. The Hall–Kier alpha value is -1.85. The standard InChI is InChI=1S/C15H22N4O/c16-15-7-10-19(17-15)9-4-8-18(11-12-20)13-14-5-2-1-3-6-14/h1-3,5-7,10,20H,4,8-9,11-13H2,(H2,16,17). The zero-order valence-corrected chi connectivity index (χ0v) is 11.7. The maximum Gasteiger partial charge on any atom is 0.145 e. The van der Waals surface area contributed by atoms with E-state index in [4.69, 9.17) is 10.8 Å². The van der Waals surface area contributed by atoms with Crippen LogP contribution >= 0.6 is 0 Å². The molecule has 1 aromatic heterocycles. The zero-order chi connectivity index (χ0) is 14.2. The molecule has 0 aliphatic rings. The average molecular weight is 274 g/mol. The van der Waals surface area contributed by atoms with Crippen molar-refractivity contribution in [2.45, 2.75) is 19.5 Å². The molecule has 0 amide bonds. The molecule has 108 valence electrons. The zero-order valence-electron chi connectivity index (χ0n) is 11.7. The number of aliphatic hydroxyl groups excluding tert-OH is 1. The maximum absolute atomic E-state index is 9.16. The number of rotatable bonds is 8. The van der Waals surface area contributed by atoms with Crippen LogP contribution in [0.1, 0.15) is 12.0 Å². The van der Waals surface area contributed by atoms with Gasteiger partial charge >= 0.3 is 0 Å². The van der Waals surface area contributed by atoms with Gasteiger partial charge in [0.25, 0.3) is 0 Å². The molecule has 0 bridgehead atoms. The van der Waals surface area contributed by atoms with E-state index in [0.717, 1.165) is 26.1 Å². The number of nitrogens with two attached hydrogens (primary N) is 1. The Morgan fingerprint density at radius 1 is 1.15 bits per heavy atom. The highest BCUT2D eigenvalue weighted by Crippen LogP contribution is 2.05. The van der Waals surface area contributed by atoms with Gasteiger partial charge in [0.2, 0.25) is 0 Å². The van der Waals surface area contributed by atoms with Crippen LogP contribution in [0.2, 0.25) is 0 Å². The largest absolute Gasteiger partial charge is 0.395 e. The lowest BCUT2D eigenvalue weighted by molar-refractivity contribution is 0.186. The smallest absolute Gasteiger partial charge is 0.145 e. The number of benzene rings is 1. The van der Waals surface area contributed by atoms with E-state index in [1.54, 1.807) is 6.07 Å². The fourth-order valence-corrected chi connectivity index (χ4v) is 2.21. The number of hydrogen-bond donors (Lipinski definition) is 2. The van der Waals surface area contributed by atoms with E-state index in [2.05, 4.69) is 22.1 Å². The van der Waals surface area contributed by atoms with Crippen LogP contribution in [-0.2, 0) is 13.1 Å². The summed E-state index contributed by atoms with van der Waals surface area (Å²) in [5, 5.41) is 13.3. The lowest BCUT2D eigenvalue weighted by atomic mass is 10.2. The van der Waals surface area contributed by atoms with E-state index < -0.39 is 0 Å². The van der Waals surface area contributed by atoms with Crippen molar-refractivity contribution in [1.29, 1.82) is 0 Å². The van der Waals surface area contributed by atoms with Crippen LogP contribution in [0.3, 0.4) is 0 Å². The van der Waals surface area contributed by atoms with Crippen molar-refractivity contribution in [3.63, 3.8) is 0 Å². The van der Waals surface area contributed by atoms with Crippen LogP contribution in [0.4, 0.5) is 5.82 Å². The highest BCUT2D eigenvalue weighted by atomic mass is 16.3. The second-order valence-electron chi connectivity index (χ2n) is 4.84. The van der Waals surface area contributed by atoms with Crippen molar-refractivity contribution in [3.8, 4) is 0 Å². The third kappa shape index (κ3) is 4.68.